The Hall–Kier alpha value is -3.00. The fourth-order valence-electron chi connectivity index (χ4n) is 2.17. The zero-order valence-corrected chi connectivity index (χ0v) is 13.7. The third-order valence-corrected chi connectivity index (χ3v) is 3.51. The largest absolute Gasteiger partial charge is 0.497 e. The molecule has 0 saturated heterocycles. The average molecular weight is 325 g/mol. The van der Waals surface area contributed by atoms with E-state index in [0.717, 1.165) is 11.1 Å². The van der Waals surface area contributed by atoms with Crippen molar-refractivity contribution in [2.45, 2.75) is 19.4 Å². The maximum absolute atomic E-state index is 11.9. The molecule has 0 unspecified atom stereocenters. The van der Waals surface area contributed by atoms with E-state index in [-0.39, 0.29) is 19.0 Å². The molecule has 0 fully saturated rings. The third kappa shape index (κ3) is 5.03. The lowest BCUT2D eigenvalue weighted by molar-refractivity contribution is -0.144. The number of nitriles is 1. The molecule has 0 saturated carbocycles. The number of esters is 1. The second-order valence-electron chi connectivity index (χ2n) is 5.19. The molecule has 0 spiro atoms. The molecular formula is C19H19NO4. The van der Waals surface area contributed by atoms with Crippen molar-refractivity contribution in [3.63, 3.8) is 0 Å². The van der Waals surface area contributed by atoms with E-state index in [4.69, 9.17) is 19.5 Å². The van der Waals surface area contributed by atoms with Gasteiger partial charge in [0.15, 0.2) is 0 Å². The molecule has 2 aromatic rings. The number of carbonyl (C=O) groups excluding carboxylic acids is 1. The summed E-state index contributed by atoms with van der Waals surface area (Å²) < 4.78 is 15.7. The van der Waals surface area contributed by atoms with E-state index in [1.165, 1.54) is 0 Å². The molecule has 0 N–H and O–H groups in total. The molecule has 0 bridgehead atoms. The van der Waals surface area contributed by atoms with Gasteiger partial charge in [0, 0.05) is 12.5 Å². The van der Waals surface area contributed by atoms with Crippen molar-refractivity contribution >= 4 is 5.97 Å². The Morgan fingerprint density at radius 3 is 2.17 bits per heavy atom. The molecule has 0 heterocycles. The normalized spacial score (nSPS) is 9.88. The van der Waals surface area contributed by atoms with Gasteiger partial charge < -0.3 is 14.2 Å². The Morgan fingerprint density at radius 2 is 1.62 bits per heavy atom. The minimum Gasteiger partial charge on any atom is -0.497 e. The van der Waals surface area contributed by atoms with Crippen LogP contribution >= 0.6 is 0 Å². The first-order chi connectivity index (χ1) is 11.6. The highest BCUT2D eigenvalue weighted by molar-refractivity contribution is 5.69. The van der Waals surface area contributed by atoms with Crippen molar-refractivity contribution < 1.29 is 19.0 Å². The van der Waals surface area contributed by atoms with Crippen molar-refractivity contribution in [2.24, 2.45) is 0 Å². The fourth-order valence-corrected chi connectivity index (χ4v) is 2.17. The molecule has 5 nitrogen and oxygen atoms in total. The van der Waals surface area contributed by atoms with Crippen molar-refractivity contribution in [2.75, 3.05) is 14.2 Å². The SMILES string of the molecule is COc1cc(CCC(=O)OCc2ccc(C#N)cc2)cc(OC)c1. The Kier molecular flexibility index (Phi) is 6.21. The number of aryl methyl sites for hydroxylation is 1. The van der Waals surface area contributed by atoms with Gasteiger partial charge in [-0.15, -0.1) is 0 Å². The minimum absolute atomic E-state index is 0.200. The Morgan fingerprint density at radius 1 is 1.00 bits per heavy atom. The monoisotopic (exact) mass is 325 g/mol. The molecule has 0 aliphatic heterocycles. The quantitative estimate of drug-likeness (QED) is 0.731. The van der Waals surface area contributed by atoms with Crippen LogP contribution in [-0.4, -0.2) is 20.2 Å². The molecule has 0 aromatic heterocycles. The molecule has 2 rings (SSSR count). The van der Waals surface area contributed by atoms with Gasteiger partial charge in [-0.05, 0) is 41.8 Å². The zero-order chi connectivity index (χ0) is 17.4. The van der Waals surface area contributed by atoms with Gasteiger partial charge >= 0.3 is 5.97 Å². The number of hydrogen-bond donors (Lipinski definition) is 0. The Balaban J connectivity index is 1.85. The maximum Gasteiger partial charge on any atom is 0.306 e. The number of ether oxygens (including phenoxy) is 3. The molecule has 0 aliphatic rings. The van der Waals surface area contributed by atoms with Crippen LogP contribution in [0, 0.1) is 11.3 Å². The van der Waals surface area contributed by atoms with Gasteiger partial charge in [-0.1, -0.05) is 12.1 Å². The lowest BCUT2D eigenvalue weighted by atomic mass is 10.1. The van der Waals surface area contributed by atoms with Crippen LogP contribution < -0.4 is 9.47 Å². The average Bonchev–Trinajstić information content (AvgIpc) is 2.64. The standard InChI is InChI=1S/C19H19NO4/c1-22-17-9-16(10-18(11-17)23-2)7-8-19(21)24-13-15-5-3-14(12-20)4-6-15/h3-6,9-11H,7-8,13H2,1-2H3. The number of carbonyl (C=O) groups is 1. The van der Waals surface area contributed by atoms with Gasteiger partial charge in [-0.2, -0.15) is 5.26 Å². The number of methoxy groups -OCH3 is 2. The summed E-state index contributed by atoms with van der Waals surface area (Å²) in [7, 11) is 3.18. The Labute approximate surface area is 141 Å². The van der Waals surface area contributed by atoms with Crippen molar-refractivity contribution in [1.82, 2.24) is 0 Å². The molecule has 0 atom stereocenters. The number of benzene rings is 2. The van der Waals surface area contributed by atoms with Crippen LogP contribution in [0.2, 0.25) is 0 Å². The van der Waals surface area contributed by atoms with E-state index in [2.05, 4.69) is 0 Å². The first kappa shape index (κ1) is 17.4. The van der Waals surface area contributed by atoms with E-state index in [9.17, 15) is 4.79 Å². The van der Waals surface area contributed by atoms with Crippen LogP contribution in [-0.2, 0) is 22.6 Å². The van der Waals surface area contributed by atoms with E-state index in [0.29, 0.717) is 23.5 Å². The van der Waals surface area contributed by atoms with Crippen molar-refractivity contribution in [3.05, 3.63) is 59.2 Å². The predicted molar refractivity (Wildman–Crippen MR) is 88.8 cm³/mol. The minimum atomic E-state index is -0.277. The number of hydrogen-bond acceptors (Lipinski definition) is 5. The predicted octanol–water partition coefficient (Wildman–Crippen LogP) is 3.25. The van der Waals surface area contributed by atoms with Gasteiger partial charge in [0.25, 0.3) is 0 Å². The van der Waals surface area contributed by atoms with Crippen LogP contribution in [0.5, 0.6) is 11.5 Å². The van der Waals surface area contributed by atoms with E-state index >= 15 is 0 Å². The molecule has 2 aromatic carbocycles. The summed E-state index contributed by atoms with van der Waals surface area (Å²) in [6.45, 7) is 0.200. The third-order valence-electron chi connectivity index (χ3n) is 3.51. The zero-order valence-electron chi connectivity index (χ0n) is 13.7. The molecule has 24 heavy (non-hydrogen) atoms. The molecule has 5 heteroatoms. The lowest BCUT2D eigenvalue weighted by Gasteiger charge is -2.09. The van der Waals surface area contributed by atoms with Crippen LogP contribution in [0.4, 0.5) is 0 Å². The second kappa shape index (κ2) is 8.59. The summed E-state index contributed by atoms with van der Waals surface area (Å²) >= 11 is 0. The fraction of sp³-hybridized carbons (Fsp3) is 0.263. The second-order valence-corrected chi connectivity index (χ2v) is 5.19. The van der Waals surface area contributed by atoms with Gasteiger partial charge in [-0.25, -0.2) is 0 Å². The van der Waals surface area contributed by atoms with E-state index in [1.807, 2.05) is 18.2 Å². The van der Waals surface area contributed by atoms with Gasteiger partial charge in [0.1, 0.15) is 18.1 Å². The van der Waals surface area contributed by atoms with Crippen LogP contribution in [0.1, 0.15) is 23.1 Å². The highest BCUT2D eigenvalue weighted by atomic mass is 16.5. The topological polar surface area (TPSA) is 68.5 Å². The van der Waals surface area contributed by atoms with E-state index < -0.39 is 0 Å². The summed E-state index contributed by atoms with van der Waals surface area (Å²) in [5.41, 5.74) is 2.38. The smallest absolute Gasteiger partial charge is 0.306 e. The molecule has 0 amide bonds. The highest BCUT2D eigenvalue weighted by Gasteiger charge is 2.07. The maximum atomic E-state index is 11.9. The summed E-state index contributed by atoms with van der Waals surface area (Å²) in [4.78, 5) is 11.9. The Bertz CT molecular complexity index is 710. The lowest BCUT2D eigenvalue weighted by Crippen LogP contribution is -2.06. The van der Waals surface area contributed by atoms with Gasteiger partial charge in [-0.3, -0.25) is 4.79 Å². The summed E-state index contributed by atoms with van der Waals surface area (Å²) in [6, 6.07) is 14.5. The van der Waals surface area contributed by atoms with Crippen LogP contribution in [0.3, 0.4) is 0 Å². The highest BCUT2D eigenvalue weighted by Crippen LogP contribution is 2.23. The van der Waals surface area contributed by atoms with Crippen molar-refractivity contribution in [1.29, 1.82) is 5.26 Å². The first-order valence-corrected chi connectivity index (χ1v) is 7.51. The molecule has 0 radical (unpaired) electrons. The van der Waals surface area contributed by atoms with Gasteiger partial charge in [0.05, 0.1) is 25.9 Å². The summed E-state index contributed by atoms with van der Waals surface area (Å²) in [5.74, 6) is 1.10. The molecule has 0 aliphatic carbocycles. The van der Waals surface area contributed by atoms with Crippen LogP contribution in [0.25, 0.3) is 0 Å². The number of nitrogens with zero attached hydrogens (tertiary/aromatic N) is 1. The van der Waals surface area contributed by atoms with Crippen LogP contribution in [0.15, 0.2) is 42.5 Å². The first-order valence-electron chi connectivity index (χ1n) is 7.51. The number of rotatable bonds is 7. The molecule has 124 valence electrons. The summed E-state index contributed by atoms with van der Waals surface area (Å²) in [5, 5.41) is 8.75. The van der Waals surface area contributed by atoms with E-state index in [1.54, 1.807) is 44.6 Å². The van der Waals surface area contributed by atoms with Crippen molar-refractivity contribution in [3.8, 4) is 17.6 Å². The van der Waals surface area contributed by atoms with Gasteiger partial charge in [0.2, 0.25) is 0 Å². The molecular weight excluding hydrogens is 306 g/mol. The summed E-state index contributed by atoms with van der Waals surface area (Å²) in [6.07, 6.45) is 0.812.